The molecule has 0 saturated carbocycles. The van der Waals surface area contributed by atoms with Gasteiger partial charge in [0.15, 0.2) is 5.82 Å². The first-order valence-corrected chi connectivity index (χ1v) is 6.32. The molecular weight excluding hydrogens is 226 g/mol. The van der Waals surface area contributed by atoms with Crippen molar-refractivity contribution in [3.63, 3.8) is 0 Å². The molecule has 1 amide bonds. The van der Waals surface area contributed by atoms with Crippen LogP contribution in [0, 0.1) is 0 Å². The van der Waals surface area contributed by atoms with Crippen LogP contribution in [-0.4, -0.2) is 41.3 Å². The fraction of sp³-hybridized carbons (Fsp3) is 0.600. The molecule has 6 heteroatoms. The lowest BCUT2D eigenvalue weighted by molar-refractivity contribution is -0.113. The number of thioether (sulfide) groups is 1. The maximum Gasteiger partial charge on any atom is 0.235 e. The Kier molecular flexibility index (Phi) is 5.95. The van der Waals surface area contributed by atoms with Crippen molar-refractivity contribution in [2.45, 2.75) is 13.3 Å². The average Bonchev–Trinajstić information content (AvgIpc) is 2.72. The Morgan fingerprint density at radius 2 is 2.50 bits per heavy atom. The van der Waals surface area contributed by atoms with Crippen LogP contribution >= 0.6 is 11.8 Å². The van der Waals surface area contributed by atoms with Crippen LogP contribution < -0.4 is 5.32 Å². The molecule has 0 saturated heterocycles. The first-order valence-electron chi connectivity index (χ1n) is 5.17. The quantitative estimate of drug-likeness (QED) is 0.708. The van der Waals surface area contributed by atoms with E-state index in [0.29, 0.717) is 18.2 Å². The Morgan fingerprint density at radius 3 is 3.12 bits per heavy atom. The summed E-state index contributed by atoms with van der Waals surface area (Å²) in [7, 11) is 1.65. The molecule has 0 aliphatic carbocycles. The molecule has 1 rings (SSSR count). The van der Waals surface area contributed by atoms with Gasteiger partial charge in [-0.1, -0.05) is 6.92 Å². The molecular formula is C10H17N3O2S. The first-order chi connectivity index (χ1) is 7.76. The van der Waals surface area contributed by atoms with Gasteiger partial charge in [-0.25, -0.2) is 0 Å². The minimum absolute atomic E-state index is 0.0322. The van der Waals surface area contributed by atoms with Gasteiger partial charge in [-0.15, -0.1) is 11.8 Å². The fourth-order valence-electron chi connectivity index (χ4n) is 1.09. The van der Waals surface area contributed by atoms with Gasteiger partial charge < -0.3 is 10.1 Å². The molecule has 0 aromatic carbocycles. The number of carbonyl (C=O) groups is 1. The molecule has 0 unspecified atom stereocenters. The molecule has 0 radical (unpaired) electrons. The van der Waals surface area contributed by atoms with Crippen LogP contribution in [0.5, 0.6) is 0 Å². The van der Waals surface area contributed by atoms with Crippen molar-refractivity contribution in [1.82, 2.24) is 10.2 Å². The minimum Gasteiger partial charge on any atom is -0.384 e. The summed E-state index contributed by atoms with van der Waals surface area (Å²) in [5, 5.41) is 9.56. The van der Waals surface area contributed by atoms with E-state index < -0.39 is 0 Å². The number of amides is 1. The molecule has 0 atom stereocenters. The topological polar surface area (TPSA) is 67.0 Å². The van der Waals surface area contributed by atoms with Gasteiger partial charge in [0.1, 0.15) is 0 Å². The van der Waals surface area contributed by atoms with Gasteiger partial charge in [0.05, 0.1) is 12.4 Å². The molecule has 0 bridgehead atoms. The van der Waals surface area contributed by atoms with Gasteiger partial charge in [0.2, 0.25) is 5.91 Å². The maximum absolute atomic E-state index is 11.4. The van der Waals surface area contributed by atoms with E-state index in [1.165, 1.54) is 0 Å². The van der Waals surface area contributed by atoms with Crippen LogP contribution in [0.15, 0.2) is 6.07 Å². The Balaban J connectivity index is 2.23. The maximum atomic E-state index is 11.4. The lowest BCUT2D eigenvalue weighted by atomic mass is 10.3. The zero-order valence-electron chi connectivity index (χ0n) is 9.58. The van der Waals surface area contributed by atoms with Crippen molar-refractivity contribution in [2.75, 3.05) is 30.5 Å². The number of aromatic nitrogens is 2. The molecule has 5 nitrogen and oxygen atoms in total. The van der Waals surface area contributed by atoms with Crippen molar-refractivity contribution in [3.8, 4) is 0 Å². The summed E-state index contributed by atoms with van der Waals surface area (Å²) < 4.78 is 4.89. The van der Waals surface area contributed by atoms with Crippen LogP contribution in [0.1, 0.15) is 12.6 Å². The Bertz CT molecular complexity index is 328. The third-order valence-electron chi connectivity index (χ3n) is 1.94. The molecule has 1 aromatic heterocycles. The molecule has 90 valence electrons. The molecule has 0 aliphatic heterocycles. The Morgan fingerprint density at radius 1 is 1.69 bits per heavy atom. The Labute approximate surface area is 99.3 Å². The lowest BCUT2D eigenvalue weighted by Gasteiger charge is -2.01. The van der Waals surface area contributed by atoms with Crippen molar-refractivity contribution in [1.29, 1.82) is 0 Å². The second-order valence-electron chi connectivity index (χ2n) is 3.23. The van der Waals surface area contributed by atoms with E-state index in [4.69, 9.17) is 4.74 Å². The van der Waals surface area contributed by atoms with E-state index in [-0.39, 0.29) is 5.91 Å². The van der Waals surface area contributed by atoms with E-state index in [2.05, 4.69) is 15.5 Å². The normalized spacial score (nSPS) is 10.4. The summed E-state index contributed by atoms with van der Waals surface area (Å²) in [6.45, 7) is 2.69. The largest absolute Gasteiger partial charge is 0.384 e. The second kappa shape index (κ2) is 7.29. The van der Waals surface area contributed by atoms with E-state index in [9.17, 15) is 4.79 Å². The number of nitrogens with zero attached hydrogens (tertiary/aromatic N) is 1. The second-order valence-corrected chi connectivity index (χ2v) is 4.33. The highest BCUT2D eigenvalue weighted by Gasteiger charge is 2.05. The first kappa shape index (κ1) is 13.1. The van der Waals surface area contributed by atoms with Crippen LogP contribution in [-0.2, 0) is 16.0 Å². The fourth-order valence-corrected chi connectivity index (χ4v) is 1.78. The average molecular weight is 243 g/mol. The lowest BCUT2D eigenvalue weighted by Crippen LogP contribution is -2.15. The van der Waals surface area contributed by atoms with Crippen molar-refractivity contribution >= 4 is 23.5 Å². The number of hydrogen-bond acceptors (Lipinski definition) is 4. The molecule has 2 N–H and O–H groups in total. The van der Waals surface area contributed by atoms with Crippen molar-refractivity contribution in [3.05, 3.63) is 11.8 Å². The van der Waals surface area contributed by atoms with Gasteiger partial charge in [-0.3, -0.25) is 9.89 Å². The summed E-state index contributed by atoms with van der Waals surface area (Å²) in [4.78, 5) is 11.4. The number of anilines is 1. The smallest absolute Gasteiger partial charge is 0.235 e. The third-order valence-corrected chi connectivity index (χ3v) is 2.87. The van der Waals surface area contributed by atoms with Crippen LogP contribution in [0.4, 0.5) is 5.82 Å². The zero-order valence-corrected chi connectivity index (χ0v) is 10.4. The number of methoxy groups -OCH3 is 1. The van der Waals surface area contributed by atoms with E-state index >= 15 is 0 Å². The van der Waals surface area contributed by atoms with Crippen LogP contribution in [0.2, 0.25) is 0 Å². The number of aromatic amines is 1. The molecule has 0 spiro atoms. The van der Waals surface area contributed by atoms with E-state index in [1.54, 1.807) is 18.9 Å². The summed E-state index contributed by atoms with van der Waals surface area (Å²) in [5.41, 5.74) is 1.02. The number of hydrogen-bond donors (Lipinski definition) is 2. The number of H-pyrrole nitrogens is 1. The predicted molar refractivity (Wildman–Crippen MR) is 65.8 cm³/mol. The molecule has 0 fully saturated rings. The van der Waals surface area contributed by atoms with Crippen LogP contribution in [0.25, 0.3) is 0 Å². The highest BCUT2D eigenvalue weighted by Crippen LogP contribution is 2.07. The molecule has 16 heavy (non-hydrogen) atoms. The van der Waals surface area contributed by atoms with Gasteiger partial charge >= 0.3 is 0 Å². The van der Waals surface area contributed by atoms with E-state index in [1.807, 2.05) is 13.0 Å². The number of nitrogens with one attached hydrogen (secondary N) is 2. The van der Waals surface area contributed by atoms with Gasteiger partial charge in [0.25, 0.3) is 0 Å². The Hall–Kier alpha value is -1.01. The molecule has 0 aliphatic rings. The third kappa shape index (κ3) is 4.67. The number of carbonyl (C=O) groups excluding carboxylic acids is 1. The van der Waals surface area contributed by atoms with Gasteiger partial charge in [-0.2, -0.15) is 5.10 Å². The van der Waals surface area contributed by atoms with Crippen molar-refractivity contribution in [2.24, 2.45) is 0 Å². The zero-order chi connectivity index (χ0) is 11.8. The van der Waals surface area contributed by atoms with Gasteiger partial charge in [0, 0.05) is 24.6 Å². The van der Waals surface area contributed by atoms with Gasteiger partial charge in [-0.05, 0) is 6.42 Å². The van der Waals surface area contributed by atoms with E-state index in [0.717, 1.165) is 17.9 Å². The standard InChI is InChI=1S/C10H17N3O2S/c1-3-8-6-9(13-12-8)11-10(14)7-16-5-4-15-2/h6H,3-5,7H2,1-2H3,(H2,11,12,13,14). The SMILES string of the molecule is CCc1cc(NC(=O)CSCCOC)n[nH]1. The predicted octanol–water partition coefficient (Wildman–Crippen LogP) is 1.29. The summed E-state index contributed by atoms with van der Waals surface area (Å²) in [6.07, 6.45) is 0.880. The highest BCUT2D eigenvalue weighted by atomic mass is 32.2. The summed E-state index contributed by atoms with van der Waals surface area (Å²) >= 11 is 1.54. The molecule has 1 heterocycles. The highest BCUT2D eigenvalue weighted by molar-refractivity contribution is 7.99. The van der Waals surface area contributed by atoms with Crippen LogP contribution in [0.3, 0.4) is 0 Å². The molecule has 1 aromatic rings. The number of aryl methyl sites for hydroxylation is 1. The number of ether oxygens (including phenoxy) is 1. The summed E-state index contributed by atoms with van der Waals surface area (Å²) in [6, 6.07) is 1.84. The van der Waals surface area contributed by atoms with Crippen molar-refractivity contribution < 1.29 is 9.53 Å². The summed E-state index contributed by atoms with van der Waals surface area (Å²) in [5.74, 6) is 1.81. The monoisotopic (exact) mass is 243 g/mol. The number of rotatable bonds is 7. The minimum atomic E-state index is -0.0322.